The van der Waals surface area contributed by atoms with Crippen LogP contribution < -0.4 is 21.3 Å². The standard InChI is InChI=1S/C22H28N4O2.ClH/c1-16(17-11-13-23-14-12-17)15-21(27)24-19-7-9-20(10-8-19)26-22(28)25-18-5-3-2-4-6-18;/h2-10,16-17,23H,11-15H2,1H3,(H,24,27)(H2,25,26,28);1H. The van der Waals surface area contributed by atoms with Gasteiger partial charge in [0.05, 0.1) is 0 Å². The van der Waals surface area contributed by atoms with Crippen molar-refractivity contribution in [3.63, 3.8) is 0 Å². The molecule has 0 bridgehead atoms. The summed E-state index contributed by atoms with van der Waals surface area (Å²) < 4.78 is 0. The van der Waals surface area contributed by atoms with Crippen molar-refractivity contribution in [1.29, 1.82) is 0 Å². The average Bonchev–Trinajstić information content (AvgIpc) is 2.71. The van der Waals surface area contributed by atoms with Crippen molar-refractivity contribution in [2.24, 2.45) is 11.8 Å². The number of hydrogen-bond acceptors (Lipinski definition) is 3. The second-order valence-electron chi connectivity index (χ2n) is 7.34. The van der Waals surface area contributed by atoms with Gasteiger partial charge < -0.3 is 21.3 Å². The number of urea groups is 1. The number of carbonyl (C=O) groups excluding carboxylic acids is 2. The minimum atomic E-state index is -0.307. The predicted molar refractivity (Wildman–Crippen MR) is 121 cm³/mol. The van der Waals surface area contributed by atoms with Gasteiger partial charge in [0.2, 0.25) is 5.91 Å². The SMILES string of the molecule is CC(CC(=O)Nc1ccc(NC(=O)Nc2ccccc2)cc1)C1CCNCC1.Cl. The second-order valence-corrected chi connectivity index (χ2v) is 7.34. The van der Waals surface area contributed by atoms with Gasteiger partial charge in [0.15, 0.2) is 0 Å². The van der Waals surface area contributed by atoms with Crippen LogP contribution >= 0.6 is 12.4 Å². The molecular formula is C22H29ClN4O2. The molecule has 1 saturated heterocycles. The van der Waals surface area contributed by atoms with E-state index in [1.807, 2.05) is 30.3 Å². The molecule has 3 rings (SSSR count). The second kappa shape index (κ2) is 11.4. The fourth-order valence-corrected chi connectivity index (χ4v) is 3.54. The largest absolute Gasteiger partial charge is 0.326 e. The van der Waals surface area contributed by atoms with Gasteiger partial charge in [0.1, 0.15) is 0 Å². The zero-order valence-electron chi connectivity index (χ0n) is 16.6. The van der Waals surface area contributed by atoms with Crippen molar-refractivity contribution >= 4 is 41.4 Å². The van der Waals surface area contributed by atoms with Gasteiger partial charge in [-0.25, -0.2) is 4.79 Å². The third-order valence-electron chi connectivity index (χ3n) is 5.15. The predicted octanol–water partition coefficient (Wildman–Crippen LogP) is 4.72. The first-order valence-corrected chi connectivity index (χ1v) is 9.84. The first-order chi connectivity index (χ1) is 13.6. The Morgan fingerprint density at radius 1 is 0.897 bits per heavy atom. The molecule has 1 heterocycles. The molecule has 0 radical (unpaired) electrons. The number of nitrogens with one attached hydrogen (secondary N) is 4. The maximum absolute atomic E-state index is 12.3. The van der Waals surface area contributed by atoms with E-state index >= 15 is 0 Å². The lowest BCUT2D eigenvalue weighted by Crippen LogP contribution is -2.32. The number of rotatable bonds is 6. The normalized spacial score (nSPS) is 14.9. The van der Waals surface area contributed by atoms with Crippen LogP contribution in [0.1, 0.15) is 26.2 Å². The topological polar surface area (TPSA) is 82.3 Å². The van der Waals surface area contributed by atoms with Gasteiger partial charge in [0, 0.05) is 23.5 Å². The summed E-state index contributed by atoms with van der Waals surface area (Å²) in [6, 6.07) is 16.1. The highest BCUT2D eigenvalue weighted by molar-refractivity contribution is 6.00. The molecule has 1 aliphatic heterocycles. The lowest BCUT2D eigenvalue weighted by atomic mass is 9.84. The van der Waals surface area contributed by atoms with E-state index < -0.39 is 0 Å². The van der Waals surface area contributed by atoms with Crippen molar-refractivity contribution in [3.05, 3.63) is 54.6 Å². The maximum Gasteiger partial charge on any atom is 0.323 e. The molecule has 2 aromatic rings. The summed E-state index contributed by atoms with van der Waals surface area (Å²) >= 11 is 0. The summed E-state index contributed by atoms with van der Waals surface area (Å²) in [5.41, 5.74) is 2.12. The molecule has 1 unspecified atom stereocenters. The molecule has 1 atom stereocenters. The Morgan fingerprint density at radius 3 is 2.00 bits per heavy atom. The summed E-state index contributed by atoms with van der Waals surface area (Å²) in [4.78, 5) is 24.3. The van der Waals surface area contributed by atoms with Crippen molar-refractivity contribution in [3.8, 4) is 0 Å². The molecule has 4 N–H and O–H groups in total. The van der Waals surface area contributed by atoms with Crippen molar-refractivity contribution in [2.45, 2.75) is 26.2 Å². The summed E-state index contributed by atoms with van der Waals surface area (Å²) in [5, 5.41) is 11.9. The van der Waals surface area contributed by atoms with Crippen LogP contribution in [0.15, 0.2) is 54.6 Å². The summed E-state index contributed by atoms with van der Waals surface area (Å²) in [5.74, 6) is 1.03. The number of anilines is 3. The zero-order chi connectivity index (χ0) is 19.8. The molecule has 3 amide bonds. The first kappa shape index (κ1) is 22.7. The first-order valence-electron chi connectivity index (χ1n) is 9.84. The minimum absolute atomic E-state index is 0. The van der Waals surface area contributed by atoms with Crippen LogP contribution in [0.5, 0.6) is 0 Å². The number of hydrogen-bond donors (Lipinski definition) is 4. The van der Waals surface area contributed by atoms with E-state index in [0.29, 0.717) is 23.9 Å². The molecule has 0 saturated carbocycles. The number of carbonyl (C=O) groups is 2. The summed E-state index contributed by atoms with van der Waals surface area (Å²) in [7, 11) is 0. The number of halogens is 1. The third kappa shape index (κ3) is 7.40. The van der Waals surface area contributed by atoms with E-state index in [4.69, 9.17) is 0 Å². The molecule has 7 heteroatoms. The van der Waals surface area contributed by atoms with Crippen molar-refractivity contribution < 1.29 is 9.59 Å². The number of amides is 3. The smallest absolute Gasteiger partial charge is 0.323 e. The Labute approximate surface area is 178 Å². The number of benzene rings is 2. The van der Waals surface area contributed by atoms with Crippen LogP contribution in [0, 0.1) is 11.8 Å². The van der Waals surface area contributed by atoms with Crippen LogP contribution in [0.25, 0.3) is 0 Å². The van der Waals surface area contributed by atoms with E-state index in [2.05, 4.69) is 28.2 Å². The van der Waals surface area contributed by atoms with Gasteiger partial charge in [-0.15, -0.1) is 12.4 Å². The van der Waals surface area contributed by atoms with E-state index in [1.54, 1.807) is 24.3 Å². The quantitative estimate of drug-likeness (QED) is 0.550. The lowest BCUT2D eigenvalue weighted by molar-refractivity contribution is -0.117. The maximum atomic E-state index is 12.3. The third-order valence-corrected chi connectivity index (χ3v) is 5.15. The van der Waals surface area contributed by atoms with Gasteiger partial charge in [0.25, 0.3) is 0 Å². The molecule has 0 aromatic heterocycles. The highest BCUT2D eigenvalue weighted by Crippen LogP contribution is 2.25. The monoisotopic (exact) mass is 416 g/mol. The zero-order valence-corrected chi connectivity index (χ0v) is 17.4. The Hall–Kier alpha value is -2.57. The number of para-hydroxylation sites is 1. The fraction of sp³-hybridized carbons (Fsp3) is 0.364. The minimum Gasteiger partial charge on any atom is -0.326 e. The average molecular weight is 417 g/mol. The van der Waals surface area contributed by atoms with Crippen LogP contribution in [0.2, 0.25) is 0 Å². The van der Waals surface area contributed by atoms with Crippen LogP contribution in [-0.4, -0.2) is 25.0 Å². The van der Waals surface area contributed by atoms with Gasteiger partial charge in [-0.1, -0.05) is 25.1 Å². The molecule has 6 nitrogen and oxygen atoms in total. The summed E-state index contributed by atoms with van der Waals surface area (Å²) in [6.45, 7) is 4.25. The van der Waals surface area contributed by atoms with Gasteiger partial charge in [-0.05, 0) is 74.2 Å². The molecule has 156 valence electrons. The van der Waals surface area contributed by atoms with Gasteiger partial charge in [-0.2, -0.15) is 0 Å². The van der Waals surface area contributed by atoms with Crippen LogP contribution in [-0.2, 0) is 4.79 Å². The molecular weight excluding hydrogens is 388 g/mol. The Kier molecular flexibility index (Phi) is 8.96. The Balaban J connectivity index is 0.00000300. The molecule has 29 heavy (non-hydrogen) atoms. The van der Waals surface area contributed by atoms with E-state index in [9.17, 15) is 9.59 Å². The fourth-order valence-electron chi connectivity index (χ4n) is 3.54. The Morgan fingerprint density at radius 2 is 1.41 bits per heavy atom. The molecule has 2 aromatic carbocycles. The van der Waals surface area contributed by atoms with Gasteiger partial charge in [-0.3, -0.25) is 4.79 Å². The van der Waals surface area contributed by atoms with E-state index in [-0.39, 0.29) is 24.3 Å². The molecule has 0 spiro atoms. The van der Waals surface area contributed by atoms with E-state index in [1.165, 1.54) is 0 Å². The number of piperidine rings is 1. The lowest BCUT2D eigenvalue weighted by Gasteiger charge is -2.27. The summed E-state index contributed by atoms with van der Waals surface area (Å²) in [6.07, 6.45) is 2.81. The molecule has 1 fully saturated rings. The highest BCUT2D eigenvalue weighted by Gasteiger charge is 2.22. The highest BCUT2D eigenvalue weighted by atomic mass is 35.5. The Bertz CT molecular complexity index is 777. The molecule has 1 aliphatic rings. The molecule has 0 aliphatic carbocycles. The van der Waals surface area contributed by atoms with Crippen molar-refractivity contribution in [1.82, 2.24) is 5.32 Å². The van der Waals surface area contributed by atoms with Crippen LogP contribution in [0.4, 0.5) is 21.9 Å². The van der Waals surface area contributed by atoms with Crippen molar-refractivity contribution in [2.75, 3.05) is 29.0 Å². The van der Waals surface area contributed by atoms with Crippen LogP contribution in [0.3, 0.4) is 0 Å². The van der Waals surface area contributed by atoms with Gasteiger partial charge >= 0.3 is 6.03 Å². The van der Waals surface area contributed by atoms with E-state index in [0.717, 1.165) is 37.3 Å².